The van der Waals surface area contributed by atoms with E-state index in [2.05, 4.69) is 5.32 Å². The number of rotatable bonds is 6. The quantitative estimate of drug-likeness (QED) is 0.781. The number of hydrogen-bond donors (Lipinski definition) is 2. The number of anilines is 2. The van der Waals surface area contributed by atoms with E-state index in [1.807, 2.05) is 31.0 Å². The van der Waals surface area contributed by atoms with Crippen LogP contribution in [0.15, 0.2) is 23.6 Å². The van der Waals surface area contributed by atoms with Crippen LogP contribution in [-0.2, 0) is 6.54 Å². The molecule has 0 unspecified atom stereocenters. The number of carbonyl (C=O) groups is 1. The molecule has 1 heterocycles. The number of nitrogens with one attached hydrogen (secondary N) is 1. The molecule has 0 saturated heterocycles. The minimum Gasteiger partial charge on any atom is -0.496 e. The standard InChI is InChI=1S/C16H20ClN3O2S/c1-4-20(2)15-11(13(22-3)6-5-12(15)18)8-19-16(21)10-7-14(17)23-9-10/h5-7,9H,4,8,18H2,1-3H3,(H,19,21). The molecule has 0 aliphatic heterocycles. The molecule has 1 aromatic heterocycles. The molecule has 0 atom stereocenters. The SMILES string of the molecule is CCN(C)c1c(N)ccc(OC)c1CNC(=O)c1csc(Cl)c1. The first-order chi connectivity index (χ1) is 11.0. The fraction of sp³-hybridized carbons (Fsp3) is 0.312. The summed E-state index contributed by atoms with van der Waals surface area (Å²) < 4.78 is 6.01. The van der Waals surface area contributed by atoms with Gasteiger partial charge in [0.05, 0.1) is 28.4 Å². The molecular formula is C16H20ClN3O2S. The van der Waals surface area contributed by atoms with Crippen molar-refractivity contribution in [2.75, 3.05) is 31.3 Å². The monoisotopic (exact) mass is 353 g/mol. The van der Waals surface area contributed by atoms with E-state index in [0.29, 0.717) is 27.9 Å². The molecule has 0 aliphatic rings. The number of halogens is 1. The molecule has 0 saturated carbocycles. The minimum absolute atomic E-state index is 0.178. The number of carbonyl (C=O) groups excluding carboxylic acids is 1. The Bertz CT molecular complexity index is 703. The molecule has 23 heavy (non-hydrogen) atoms. The van der Waals surface area contributed by atoms with Crippen molar-refractivity contribution in [2.24, 2.45) is 0 Å². The first kappa shape index (κ1) is 17.4. The van der Waals surface area contributed by atoms with Crippen molar-refractivity contribution >= 4 is 40.2 Å². The third-order valence-electron chi connectivity index (χ3n) is 3.60. The molecular weight excluding hydrogens is 334 g/mol. The Morgan fingerprint density at radius 1 is 1.48 bits per heavy atom. The number of benzene rings is 1. The summed E-state index contributed by atoms with van der Waals surface area (Å²) in [6, 6.07) is 5.27. The summed E-state index contributed by atoms with van der Waals surface area (Å²) in [5.41, 5.74) is 9.04. The summed E-state index contributed by atoms with van der Waals surface area (Å²) in [4.78, 5) is 14.2. The van der Waals surface area contributed by atoms with E-state index in [4.69, 9.17) is 22.1 Å². The highest BCUT2D eigenvalue weighted by atomic mass is 35.5. The average Bonchev–Trinajstić information content (AvgIpc) is 2.98. The third kappa shape index (κ3) is 3.89. The maximum atomic E-state index is 12.2. The van der Waals surface area contributed by atoms with Crippen LogP contribution in [-0.4, -0.2) is 26.6 Å². The number of nitrogen functional groups attached to an aromatic ring is 1. The van der Waals surface area contributed by atoms with Crippen molar-refractivity contribution in [3.8, 4) is 5.75 Å². The lowest BCUT2D eigenvalue weighted by molar-refractivity contribution is 0.0951. The number of ether oxygens (including phenoxy) is 1. The summed E-state index contributed by atoms with van der Waals surface area (Å²) in [5, 5.41) is 4.63. The molecule has 0 fully saturated rings. The van der Waals surface area contributed by atoms with Crippen molar-refractivity contribution in [1.29, 1.82) is 0 Å². The molecule has 3 N–H and O–H groups in total. The van der Waals surface area contributed by atoms with Crippen LogP contribution in [0, 0.1) is 0 Å². The lowest BCUT2D eigenvalue weighted by atomic mass is 10.1. The zero-order chi connectivity index (χ0) is 17.0. The van der Waals surface area contributed by atoms with Crippen LogP contribution in [0.3, 0.4) is 0 Å². The minimum atomic E-state index is -0.178. The zero-order valence-corrected chi connectivity index (χ0v) is 14.9. The molecule has 0 radical (unpaired) electrons. The summed E-state index contributed by atoms with van der Waals surface area (Å²) in [6.45, 7) is 3.15. The fourth-order valence-electron chi connectivity index (χ4n) is 2.31. The van der Waals surface area contributed by atoms with Crippen LogP contribution in [0.4, 0.5) is 11.4 Å². The highest BCUT2D eigenvalue weighted by Gasteiger charge is 2.17. The number of nitrogens with two attached hydrogens (primary N) is 1. The summed E-state index contributed by atoms with van der Waals surface area (Å²) >= 11 is 7.20. The van der Waals surface area contributed by atoms with Crippen molar-refractivity contribution in [3.05, 3.63) is 39.0 Å². The maximum absolute atomic E-state index is 12.2. The number of hydrogen-bond acceptors (Lipinski definition) is 5. The highest BCUT2D eigenvalue weighted by molar-refractivity contribution is 7.14. The van der Waals surface area contributed by atoms with Gasteiger partial charge in [-0.05, 0) is 25.1 Å². The predicted octanol–water partition coefficient (Wildman–Crippen LogP) is 3.38. The number of nitrogens with zero attached hydrogens (tertiary/aromatic N) is 1. The van der Waals surface area contributed by atoms with E-state index in [1.165, 1.54) is 11.3 Å². The summed E-state index contributed by atoms with van der Waals surface area (Å²) in [5.74, 6) is 0.515. The molecule has 0 aliphatic carbocycles. The third-order valence-corrected chi connectivity index (χ3v) is 4.69. The Morgan fingerprint density at radius 3 is 2.78 bits per heavy atom. The second-order valence-electron chi connectivity index (χ2n) is 5.02. The van der Waals surface area contributed by atoms with Crippen molar-refractivity contribution in [3.63, 3.8) is 0 Å². The zero-order valence-electron chi connectivity index (χ0n) is 13.4. The Kier molecular flexibility index (Phi) is 5.74. The Hall–Kier alpha value is -1.92. The molecule has 2 aromatic rings. The van der Waals surface area contributed by atoms with E-state index < -0.39 is 0 Å². The lowest BCUT2D eigenvalue weighted by Crippen LogP contribution is -2.26. The smallest absolute Gasteiger partial charge is 0.252 e. The van der Waals surface area contributed by atoms with E-state index >= 15 is 0 Å². The first-order valence-corrected chi connectivity index (χ1v) is 8.42. The summed E-state index contributed by atoms with van der Waals surface area (Å²) in [6.07, 6.45) is 0. The van der Waals surface area contributed by atoms with Crippen molar-refractivity contribution < 1.29 is 9.53 Å². The predicted molar refractivity (Wildman–Crippen MR) is 96.8 cm³/mol. The molecule has 1 aromatic carbocycles. The molecule has 5 nitrogen and oxygen atoms in total. The summed E-state index contributed by atoms with van der Waals surface area (Å²) in [7, 11) is 3.56. The van der Waals surface area contributed by atoms with Gasteiger partial charge in [-0.3, -0.25) is 4.79 Å². The van der Waals surface area contributed by atoms with Gasteiger partial charge >= 0.3 is 0 Å². The topological polar surface area (TPSA) is 67.6 Å². The highest BCUT2D eigenvalue weighted by Crippen LogP contribution is 2.34. The second kappa shape index (κ2) is 7.57. The fourth-order valence-corrected chi connectivity index (χ4v) is 3.17. The Balaban J connectivity index is 2.27. The van der Waals surface area contributed by atoms with Gasteiger partial charge in [-0.25, -0.2) is 0 Å². The van der Waals surface area contributed by atoms with Gasteiger partial charge in [0, 0.05) is 31.1 Å². The normalized spacial score (nSPS) is 10.4. The number of thiophene rings is 1. The molecule has 2 rings (SSSR count). The van der Waals surface area contributed by atoms with Gasteiger partial charge in [0.2, 0.25) is 0 Å². The largest absolute Gasteiger partial charge is 0.496 e. The number of amides is 1. The van der Waals surface area contributed by atoms with Gasteiger partial charge in [-0.15, -0.1) is 11.3 Å². The van der Waals surface area contributed by atoms with Crippen LogP contribution in [0.5, 0.6) is 5.75 Å². The van der Waals surface area contributed by atoms with Gasteiger partial charge in [-0.2, -0.15) is 0 Å². The number of methoxy groups -OCH3 is 1. The molecule has 0 bridgehead atoms. The van der Waals surface area contributed by atoms with Crippen LogP contribution < -0.4 is 20.7 Å². The van der Waals surface area contributed by atoms with E-state index in [1.54, 1.807) is 18.6 Å². The van der Waals surface area contributed by atoms with Crippen molar-refractivity contribution in [1.82, 2.24) is 5.32 Å². The van der Waals surface area contributed by atoms with Crippen LogP contribution >= 0.6 is 22.9 Å². The van der Waals surface area contributed by atoms with Crippen LogP contribution in [0.25, 0.3) is 0 Å². The van der Waals surface area contributed by atoms with Gasteiger partial charge in [-0.1, -0.05) is 11.6 Å². The maximum Gasteiger partial charge on any atom is 0.252 e. The van der Waals surface area contributed by atoms with Gasteiger partial charge in [0.1, 0.15) is 5.75 Å². The Labute approximate surface area is 145 Å². The Morgan fingerprint density at radius 2 is 2.22 bits per heavy atom. The van der Waals surface area contributed by atoms with E-state index in [-0.39, 0.29) is 5.91 Å². The first-order valence-electron chi connectivity index (χ1n) is 7.16. The van der Waals surface area contributed by atoms with Crippen LogP contribution in [0.1, 0.15) is 22.8 Å². The average molecular weight is 354 g/mol. The van der Waals surface area contributed by atoms with Crippen LogP contribution in [0.2, 0.25) is 4.34 Å². The van der Waals surface area contributed by atoms with Gasteiger partial charge in [0.25, 0.3) is 5.91 Å². The molecule has 1 amide bonds. The van der Waals surface area contributed by atoms with Crippen molar-refractivity contribution in [2.45, 2.75) is 13.5 Å². The second-order valence-corrected chi connectivity index (χ2v) is 6.56. The van der Waals surface area contributed by atoms with E-state index in [9.17, 15) is 4.79 Å². The molecule has 0 spiro atoms. The molecule has 7 heteroatoms. The van der Waals surface area contributed by atoms with Gasteiger partial charge < -0.3 is 20.7 Å². The molecule has 124 valence electrons. The van der Waals surface area contributed by atoms with E-state index in [0.717, 1.165) is 17.8 Å². The lowest BCUT2D eigenvalue weighted by Gasteiger charge is -2.24. The van der Waals surface area contributed by atoms with Gasteiger partial charge in [0.15, 0.2) is 0 Å².